The Kier molecular flexibility index (Phi) is 4.79. The Morgan fingerprint density at radius 3 is 2.16 bits per heavy atom. The molecule has 0 aliphatic carbocycles. The van der Waals surface area contributed by atoms with Gasteiger partial charge in [0.1, 0.15) is 0 Å². The van der Waals surface area contributed by atoms with Crippen LogP contribution in [0.1, 0.15) is 19.4 Å². The third-order valence-corrected chi connectivity index (χ3v) is 3.54. The van der Waals surface area contributed by atoms with Crippen molar-refractivity contribution in [2.45, 2.75) is 25.7 Å². The number of hydrogen-bond donors (Lipinski definition) is 0. The standard InChI is InChI=1S/C12H15NO5S/c1-4-13(12(15)10(3)14)18-19(16,17)11-7-5-9(2)6-8-11/h5-8H,4H2,1-3H3. The van der Waals surface area contributed by atoms with Crippen LogP contribution in [0.4, 0.5) is 0 Å². The summed E-state index contributed by atoms with van der Waals surface area (Å²) in [4.78, 5) is 22.3. The molecular formula is C12H15NO5S. The molecule has 0 fully saturated rings. The summed E-state index contributed by atoms with van der Waals surface area (Å²) >= 11 is 0. The Morgan fingerprint density at radius 1 is 1.21 bits per heavy atom. The molecule has 0 aliphatic heterocycles. The van der Waals surface area contributed by atoms with Gasteiger partial charge in [0.25, 0.3) is 0 Å². The predicted molar refractivity (Wildman–Crippen MR) is 67.5 cm³/mol. The fourth-order valence-corrected chi connectivity index (χ4v) is 2.24. The van der Waals surface area contributed by atoms with Crippen molar-refractivity contribution in [3.8, 4) is 0 Å². The van der Waals surface area contributed by atoms with Crippen LogP contribution in [-0.2, 0) is 24.0 Å². The van der Waals surface area contributed by atoms with E-state index in [4.69, 9.17) is 0 Å². The van der Waals surface area contributed by atoms with Crippen molar-refractivity contribution in [2.24, 2.45) is 0 Å². The van der Waals surface area contributed by atoms with E-state index in [-0.39, 0.29) is 11.4 Å². The van der Waals surface area contributed by atoms with Crippen molar-refractivity contribution in [3.05, 3.63) is 29.8 Å². The average molecular weight is 285 g/mol. The number of likely N-dealkylation sites (N-methyl/N-ethyl adjacent to an activating group) is 1. The van der Waals surface area contributed by atoms with Crippen LogP contribution in [0.3, 0.4) is 0 Å². The Labute approximate surface area is 112 Å². The molecule has 0 N–H and O–H groups in total. The Bertz CT molecular complexity index is 577. The third kappa shape index (κ3) is 3.87. The van der Waals surface area contributed by atoms with Crippen LogP contribution in [0.15, 0.2) is 29.2 Å². The van der Waals surface area contributed by atoms with Crippen molar-refractivity contribution in [1.29, 1.82) is 0 Å². The molecule has 1 amide bonds. The molecule has 0 saturated carbocycles. The lowest BCUT2D eigenvalue weighted by Crippen LogP contribution is -2.37. The number of benzene rings is 1. The van der Waals surface area contributed by atoms with E-state index in [9.17, 15) is 18.0 Å². The van der Waals surface area contributed by atoms with Crippen LogP contribution in [0.25, 0.3) is 0 Å². The molecule has 1 aromatic rings. The fourth-order valence-electron chi connectivity index (χ4n) is 1.27. The zero-order valence-corrected chi connectivity index (χ0v) is 11.7. The third-order valence-electron chi connectivity index (χ3n) is 2.31. The average Bonchev–Trinajstić information content (AvgIpc) is 2.35. The van der Waals surface area contributed by atoms with Crippen molar-refractivity contribution >= 4 is 21.8 Å². The van der Waals surface area contributed by atoms with E-state index in [0.717, 1.165) is 12.5 Å². The van der Waals surface area contributed by atoms with Gasteiger partial charge in [-0.05, 0) is 26.0 Å². The van der Waals surface area contributed by atoms with Gasteiger partial charge in [0, 0.05) is 13.5 Å². The van der Waals surface area contributed by atoms with Gasteiger partial charge in [-0.2, -0.15) is 13.5 Å². The van der Waals surface area contributed by atoms with Crippen LogP contribution in [0.2, 0.25) is 0 Å². The molecule has 0 heterocycles. The van der Waals surface area contributed by atoms with Crippen LogP contribution in [0.5, 0.6) is 0 Å². The van der Waals surface area contributed by atoms with Gasteiger partial charge >= 0.3 is 16.0 Å². The molecule has 7 heteroatoms. The zero-order chi connectivity index (χ0) is 14.6. The molecule has 0 unspecified atom stereocenters. The molecular weight excluding hydrogens is 270 g/mol. The van der Waals surface area contributed by atoms with Gasteiger partial charge in [0.05, 0.1) is 4.90 Å². The first kappa shape index (κ1) is 15.3. The summed E-state index contributed by atoms with van der Waals surface area (Å²) in [7, 11) is -4.11. The van der Waals surface area contributed by atoms with Gasteiger partial charge < -0.3 is 0 Å². The molecule has 0 aliphatic rings. The minimum absolute atomic E-state index is 0.0521. The quantitative estimate of drug-likeness (QED) is 0.596. The second-order valence-electron chi connectivity index (χ2n) is 3.90. The van der Waals surface area contributed by atoms with Gasteiger partial charge in [-0.15, -0.1) is 4.28 Å². The molecule has 6 nitrogen and oxygen atoms in total. The van der Waals surface area contributed by atoms with Crippen molar-refractivity contribution < 1.29 is 22.3 Å². The molecule has 0 saturated heterocycles. The first-order valence-corrected chi connectivity index (χ1v) is 7.02. The number of rotatable bonds is 5. The van der Waals surface area contributed by atoms with Gasteiger partial charge in [-0.3, -0.25) is 9.59 Å². The summed E-state index contributed by atoms with van der Waals surface area (Å²) in [6.45, 7) is 4.32. The van der Waals surface area contributed by atoms with Crippen LogP contribution in [0, 0.1) is 6.92 Å². The first-order valence-electron chi connectivity index (χ1n) is 5.61. The molecule has 1 rings (SSSR count). The van der Waals surface area contributed by atoms with Crippen molar-refractivity contribution in [1.82, 2.24) is 5.06 Å². The minimum atomic E-state index is -4.11. The number of aryl methyl sites for hydroxylation is 1. The highest BCUT2D eigenvalue weighted by Crippen LogP contribution is 2.14. The number of hydroxylamine groups is 2. The Balaban J connectivity index is 2.98. The number of carbonyl (C=O) groups excluding carboxylic acids is 2. The van der Waals surface area contributed by atoms with Gasteiger partial charge in [0.2, 0.25) is 5.78 Å². The highest BCUT2D eigenvalue weighted by Gasteiger charge is 2.25. The summed E-state index contributed by atoms with van der Waals surface area (Å²) in [5.74, 6) is -1.79. The number of nitrogens with zero attached hydrogens (tertiary/aromatic N) is 1. The van der Waals surface area contributed by atoms with Crippen LogP contribution in [-0.4, -0.2) is 31.7 Å². The van der Waals surface area contributed by atoms with E-state index in [1.54, 1.807) is 12.1 Å². The number of ketones is 1. The maximum atomic E-state index is 11.9. The molecule has 0 spiro atoms. The maximum absolute atomic E-state index is 11.9. The maximum Gasteiger partial charge on any atom is 0.317 e. The monoisotopic (exact) mass is 285 g/mol. The predicted octanol–water partition coefficient (Wildman–Crippen LogP) is 1.05. The molecule has 104 valence electrons. The van der Waals surface area contributed by atoms with Crippen molar-refractivity contribution in [2.75, 3.05) is 6.54 Å². The lowest BCUT2D eigenvalue weighted by Gasteiger charge is -2.17. The Morgan fingerprint density at radius 2 is 1.74 bits per heavy atom. The van der Waals surface area contributed by atoms with E-state index < -0.39 is 21.8 Å². The molecule has 1 aromatic carbocycles. The number of hydrogen-bond acceptors (Lipinski definition) is 5. The number of amides is 1. The summed E-state index contributed by atoms with van der Waals surface area (Å²) in [5, 5.41) is 0.525. The second-order valence-corrected chi connectivity index (χ2v) is 5.43. The van der Waals surface area contributed by atoms with Gasteiger partial charge in [-0.25, -0.2) is 0 Å². The van der Waals surface area contributed by atoms with Gasteiger partial charge in [0.15, 0.2) is 0 Å². The highest BCUT2D eigenvalue weighted by molar-refractivity contribution is 7.86. The lowest BCUT2D eigenvalue weighted by molar-refractivity contribution is -0.161. The van der Waals surface area contributed by atoms with Gasteiger partial charge in [-0.1, -0.05) is 17.7 Å². The SMILES string of the molecule is CCN(OS(=O)(=O)c1ccc(C)cc1)C(=O)C(C)=O. The summed E-state index contributed by atoms with van der Waals surface area (Å²) in [6.07, 6.45) is 0. The highest BCUT2D eigenvalue weighted by atomic mass is 32.2. The molecule has 0 atom stereocenters. The lowest BCUT2D eigenvalue weighted by atomic mass is 10.2. The number of carbonyl (C=O) groups is 2. The number of Topliss-reactive ketones (excluding diaryl/α,β-unsaturated/α-hetero) is 1. The summed E-state index contributed by atoms with van der Waals surface area (Å²) < 4.78 is 28.5. The smallest absolute Gasteiger partial charge is 0.289 e. The van der Waals surface area contributed by atoms with E-state index in [0.29, 0.717) is 5.06 Å². The van der Waals surface area contributed by atoms with E-state index in [1.807, 2.05) is 6.92 Å². The largest absolute Gasteiger partial charge is 0.317 e. The van der Waals surface area contributed by atoms with E-state index >= 15 is 0 Å². The first-order chi connectivity index (χ1) is 8.77. The molecule has 0 aromatic heterocycles. The topological polar surface area (TPSA) is 80.8 Å². The van der Waals surface area contributed by atoms with E-state index in [1.165, 1.54) is 19.1 Å². The zero-order valence-electron chi connectivity index (χ0n) is 10.9. The second kappa shape index (κ2) is 5.94. The normalized spacial score (nSPS) is 11.1. The molecule has 0 radical (unpaired) electrons. The van der Waals surface area contributed by atoms with Crippen LogP contribution >= 0.6 is 0 Å². The van der Waals surface area contributed by atoms with Crippen LogP contribution < -0.4 is 0 Å². The Hall–Kier alpha value is -1.73. The van der Waals surface area contributed by atoms with Crippen molar-refractivity contribution in [3.63, 3.8) is 0 Å². The fraction of sp³-hybridized carbons (Fsp3) is 0.333. The molecule has 19 heavy (non-hydrogen) atoms. The summed E-state index contributed by atoms with van der Waals surface area (Å²) in [5.41, 5.74) is 0.895. The molecule has 0 bridgehead atoms. The minimum Gasteiger partial charge on any atom is -0.289 e. The van der Waals surface area contributed by atoms with E-state index in [2.05, 4.69) is 4.28 Å². The summed E-state index contributed by atoms with van der Waals surface area (Å²) in [6, 6.07) is 5.96.